The van der Waals surface area contributed by atoms with Gasteiger partial charge in [0.2, 0.25) is 0 Å². The fraction of sp³-hybridized carbons (Fsp3) is 0.240. The Balaban J connectivity index is 1.32. The summed E-state index contributed by atoms with van der Waals surface area (Å²) in [6.07, 6.45) is 0.791. The molecule has 1 amide bonds. The number of halogens is 1. The van der Waals surface area contributed by atoms with Crippen LogP contribution in [0.2, 0.25) is 0 Å². The molecule has 1 fully saturated rings. The number of fused-ring (bicyclic) bond motifs is 1. The molecule has 0 radical (unpaired) electrons. The molecule has 0 aliphatic carbocycles. The highest BCUT2D eigenvalue weighted by Gasteiger charge is 2.23. The molecule has 168 valence electrons. The van der Waals surface area contributed by atoms with Gasteiger partial charge >= 0.3 is 0 Å². The second kappa shape index (κ2) is 9.54. The minimum absolute atomic E-state index is 0.203. The molecule has 2 aromatic carbocycles. The van der Waals surface area contributed by atoms with E-state index in [1.165, 1.54) is 10.9 Å². The first-order valence-electron chi connectivity index (χ1n) is 11.0. The Morgan fingerprint density at radius 3 is 2.39 bits per heavy atom. The first-order chi connectivity index (χ1) is 16.2. The van der Waals surface area contributed by atoms with Crippen LogP contribution in [-0.2, 0) is 6.42 Å². The maximum atomic E-state index is 14.2. The maximum Gasteiger partial charge on any atom is 0.272 e. The number of carbonyl (C=O) groups is 1. The molecule has 8 heteroatoms. The monoisotopic (exact) mass is 461 g/mol. The largest absolute Gasteiger partial charge is 0.366 e. The predicted octanol–water partition coefficient (Wildman–Crippen LogP) is 4.13. The number of anilines is 2. The van der Waals surface area contributed by atoms with Crippen molar-refractivity contribution in [1.82, 2.24) is 15.5 Å². The Morgan fingerprint density at radius 1 is 0.909 bits per heavy atom. The van der Waals surface area contributed by atoms with Gasteiger partial charge in [-0.3, -0.25) is 4.79 Å². The molecule has 0 unspecified atom stereocenters. The summed E-state index contributed by atoms with van der Waals surface area (Å²) in [6.45, 7) is 3.30. The Hall–Kier alpha value is -3.52. The lowest BCUT2D eigenvalue weighted by atomic mass is 10.1. The number of amides is 1. The van der Waals surface area contributed by atoms with Gasteiger partial charge in [-0.1, -0.05) is 42.5 Å². The van der Waals surface area contributed by atoms with Crippen LogP contribution in [0.25, 0.3) is 10.8 Å². The van der Waals surface area contributed by atoms with Crippen LogP contribution in [0.3, 0.4) is 0 Å². The number of benzene rings is 2. The van der Waals surface area contributed by atoms with Gasteiger partial charge < -0.3 is 15.1 Å². The number of hydrogen-bond donors (Lipinski definition) is 1. The second-order valence-electron chi connectivity index (χ2n) is 7.93. The third-order valence-electron chi connectivity index (χ3n) is 5.89. The van der Waals surface area contributed by atoms with Crippen molar-refractivity contribution in [3.63, 3.8) is 0 Å². The third-order valence-corrected chi connectivity index (χ3v) is 6.83. The van der Waals surface area contributed by atoms with Gasteiger partial charge in [0.05, 0.1) is 5.69 Å². The molecule has 0 atom stereocenters. The number of aromatic nitrogens is 2. The van der Waals surface area contributed by atoms with E-state index in [0.717, 1.165) is 23.0 Å². The summed E-state index contributed by atoms with van der Waals surface area (Å²) >= 11 is 1.68. The van der Waals surface area contributed by atoms with Crippen LogP contribution < -0.4 is 15.1 Å². The molecule has 0 spiro atoms. The topological polar surface area (TPSA) is 61.4 Å². The summed E-state index contributed by atoms with van der Waals surface area (Å²) in [6, 6.07) is 18.7. The van der Waals surface area contributed by atoms with Gasteiger partial charge in [0, 0.05) is 48.4 Å². The van der Waals surface area contributed by atoms with E-state index in [-0.39, 0.29) is 11.7 Å². The molecule has 5 rings (SSSR count). The lowest BCUT2D eigenvalue weighted by Gasteiger charge is -2.37. The molecule has 3 heterocycles. The number of para-hydroxylation sites is 1. The molecule has 1 N–H and O–H groups in total. The zero-order valence-corrected chi connectivity index (χ0v) is 18.9. The Labute approximate surface area is 195 Å². The van der Waals surface area contributed by atoms with Crippen molar-refractivity contribution in [3.8, 4) is 0 Å². The summed E-state index contributed by atoms with van der Waals surface area (Å²) in [5.41, 5.74) is 0.966. The molecule has 1 aliphatic heterocycles. The van der Waals surface area contributed by atoms with E-state index in [2.05, 4.69) is 31.4 Å². The van der Waals surface area contributed by atoms with Gasteiger partial charge in [-0.15, -0.1) is 21.5 Å². The van der Waals surface area contributed by atoms with Gasteiger partial charge in [0.25, 0.3) is 5.91 Å². The highest BCUT2D eigenvalue weighted by molar-refractivity contribution is 7.09. The van der Waals surface area contributed by atoms with Crippen LogP contribution in [0.4, 0.5) is 15.9 Å². The first-order valence-corrected chi connectivity index (χ1v) is 11.9. The summed E-state index contributed by atoms with van der Waals surface area (Å²) in [5.74, 6) is 0.339. The highest BCUT2D eigenvalue weighted by Crippen LogP contribution is 2.28. The number of hydrogen-bond acceptors (Lipinski definition) is 6. The summed E-state index contributed by atoms with van der Waals surface area (Å²) in [4.78, 5) is 18.3. The van der Waals surface area contributed by atoms with Crippen molar-refractivity contribution in [2.24, 2.45) is 0 Å². The van der Waals surface area contributed by atoms with Crippen molar-refractivity contribution >= 4 is 39.5 Å². The number of rotatable bonds is 6. The van der Waals surface area contributed by atoms with E-state index in [1.54, 1.807) is 17.4 Å². The maximum absolute atomic E-state index is 14.2. The molecular formula is C25H24FN5OS. The van der Waals surface area contributed by atoms with Gasteiger partial charge in [-0.05, 0) is 30.0 Å². The average Bonchev–Trinajstić information content (AvgIpc) is 3.37. The number of nitrogens with zero attached hydrogens (tertiary/aromatic N) is 4. The number of thiophene rings is 1. The molecule has 6 nitrogen and oxygen atoms in total. The van der Waals surface area contributed by atoms with E-state index in [9.17, 15) is 9.18 Å². The standard InChI is InChI=1S/C25H24FN5OS/c26-21-9-3-4-10-22(21)30-13-15-31(16-14-30)24-20-8-2-1-7-19(20)23(28-29-24)25(32)27-12-11-18-6-5-17-33-18/h1-10,17H,11-16H2,(H,27,32). The molecule has 33 heavy (non-hydrogen) atoms. The Kier molecular flexibility index (Phi) is 6.17. The van der Waals surface area contributed by atoms with E-state index in [4.69, 9.17) is 0 Å². The molecular weight excluding hydrogens is 437 g/mol. The van der Waals surface area contributed by atoms with Crippen LogP contribution in [0.15, 0.2) is 66.0 Å². The molecule has 1 aliphatic rings. The lowest BCUT2D eigenvalue weighted by Crippen LogP contribution is -2.47. The van der Waals surface area contributed by atoms with Crippen LogP contribution in [0.1, 0.15) is 15.4 Å². The predicted molar refractivity (Wildman–Crippen MR) is 131 cm³/mol. The normalized spacial score (nSPS) is 14.0. The van der Waals surface area contributed by atoms with Gasteiger partial charge in [-0.25, -0.2) is 4.39 Å². The Bertz CT molecular complexity index is 1250. The Morgan fingerprint density at radius 2 is 1.64 bits per heavy atom. The third kappa shape index (κ3) is 4.52. The van der Waals surface area contributed by atoms with Crippen molar-refractivity contribution in [2.75, 3.05) is 42.5 Å². The van der Waals surface area contributed by atoms with Crippen LogP contribution >= 0.6 is 11.3 Å². The van der Waals surface area contributed by atoms with Crippen molar-refractivity contribution in [1.29, 1.82) is 0 Å². The first kappa shape index (κ1) is 21.3. The van der Waals surface area contributed by atoms with Crippen LogP contribution in [0, 0.1) is 5.82 Å². The quantitative estimate of drug-likeness (QED) is 0.468. The minimum atomic E-state index is -0.217. The second-order valence-corrected chi connectivity index (χ2v) is 8.96. The van der Waals surface area contributed by atoms with Gasteiger partial charge in [0.1, 0.15) is 5.82 Å². The molecule has 2 aromatic heterocycles. The van der Waals surface area contributed by atoms with E-state index in [0.29, 0.717) is 44.1 Å². The highest BCUT2D eigenvalue weighted by atomic mass is 32.1. The zero-order chi connectivity index (χ0) is 22.6. The SMILES string of the molecule is O=C(NCCc1cccs1)c1nnc(N2CCN(c3ccccc3F)CC2)c2ccccc12. The van der Waals surface area contributed by atoms with E-state index < -0.39 is 0 Å². The van der Waals surface area contributed by atoms with Crippen LogP contribution in [-0.4, -0.2) is 48.8 Å². The summed E-state index contributed by atoms with van der Waals surface area (Å²) in [5, 5.41) is 15.4. The number of carbonyl (C=O) groups excluding carboxylic acids is 1. The minimum Gasteiger partial charge on any atom is -0.366 e. The van der Waals surface area contributed by atoms with Crippen molar-refractivity contribution in [2.45, 2.75) is 6.42 Å². The molecule has 4 aromatic rings. The van der Waals surface area contributed by atoms with Gasteiger partial charge in [-0.2, -0.15) is 0 Å². The lowest BCUT2D eigenvalue weighted by molar-refractivity contribution is 0.0950. The van der Waals surface area contributed by atoms with Gasteiger partial charge in [0.15, 0.2) is 11.5 Å². The summed E-state index contributed by atoms with van der Waals surface area (Å²) < 4.78 is 14.2. The molecule has 0 saturated carbocycles. The van der Waals surface area contributed by atoms with E-state index in [1.807, 2.05) is 47.8 Å². The van der Waals surface area contributed by atoms with Crippen LogP contribution in [0.5, 0.6) is 0 Å². The molecule has 0 bridgehead atoms. The summed E-state index contributed by atoms with van der Waals surface area (Å²) in [7, 11) is 0. The zero-order valence-electron chi connectivity index (χ0n) is 18.1. The fourth-order valence-electron chi connectivity index (χ4n) is 4.20. The van der Waals surface area contributed by atoms with E-state index >= 15 is 0 Å². The average molecular weight is 462 g/mol. The fourth-order valence-corrected chi connectivity index (χ4v) is 4.91. The molecule has 1 saturated heterocycles. The number of piperazine rings is 1. The van der Waals surface area contributed by atoms with Crippen molar-refractivity contribution in [3.05, 3.63) is 82.4 Å². The smallest absolute Gasteiger partial charge is 0.272 e. The number of nitrogens with one attached hydrogen (secondary N) is 1. The van der Waals surface area contributed by atoms with Crippen molar-refractivity contribution < 1.29 is 9.18 Å².